The van der Waals surface area contributed by atoms with E-state index >= 15 is 0 Å². The first-order valence-electron chi connectivity index (χ1n) is 5.50. The van der Waals surface area contributed by atoms with Crippen LogP contribution in [-0.4, -0.2) is 26.5 Å². The zero-order valence-corrected chi connectivity index (χ0v) is 10.0. The summed E-state index contributed by atoms with van der Waals surface area (Å²) in [6.45, 7) is 4.19. The van der Waals surface area contributed by atoms with E-state index in [1.807, 2.05) is 12.1 Å². The van der Waals surface area contributed by atoms with Gasteiger partial charge < -0.3 is 9.84 Å². The van der Waals surface area contributed by atoms with Crippen LogP contribution in [0.3, 0.4) is 0 Å². The maximum atomic E-state index is 10.8. The number of hydrogen-bond donors (Lipinski definition) is 2. The normalized spacial score (nSPS) is 10.6. The first kappa shape index (κ1) is 12.1. The molecule has 1 aromatic carbocycles. The van der Waals surface area contributed by atoms with E-state index in [1.54, 1.807) is 12.1 Å². The van der Waals surface area contributed by atoms with Crippen LogP contribution in [0.15, 0.2) is 24.3 Å². The van der Waals surface area contributed by atoms with Crippen LogP contribution in [0.4, 0.5) is 0 Å². The third-order valence-electron chi connectivity index (χ3n) is 2.49. The molecule has 0 aliphatic rings. The lowest BCUT2D eigenvalue weighted by atomic mass is 10.0. The van der Waals surface area contributed by atoms with Crippen LogP contribution < -0.4 is 4.74 Å². The predicted octanol–water partition coefficient (Wildman–Crippen LogP) is 2.42. The number of carboxylic acid groups (broad SMARTS) is 1. The Balaban J connectivity index is 2.18. The fourth-order valence-corrected chi connectivity index (χ4v) is 1.46. The van der Waals surface area contributed by atoms with Gasteiger partial charge in [0.25, 0.3) is 5.88 Å². The first-order chi connectivity index (χ1) is 8.58. The molecule has 0 saturated carbocycles. The molecule has 2 aromatic rings. The van der Waals surface area contributed by atoms with E-state index in [0.29, 0.717) is 11.7 Å². The van der Waals surface area contributed by atoms with Crippen LogP contribution >= 0.6 is 0 Å². The van der Waals surface area contributed by atoms with Crippen molar-refractivity contribution in [1.82, 2.24) is 15.4 Å². The Morgan fingerprint density at radius 3 is 2.56 bits per heavy atom. The maximum absolute atomic E-state index is 10.8. The summed E-state index contributed by atoms with van der Waals surface area (Å²) in [4.78, 5) is 10.8. The monoisotopic (exact) mass is 247 g/mol. The van der Waals surface area contributed by atoms with Crippen LogP contribution in [0.2, 0.25) is 0 Å². The van der Waals surface area contributed by atoms with Crippen LogP contribution in [0, 0.1) is 0 Å². The predicted molar refractivity (Wildman–Crippen MR) is 63.9 cm³/mol. The van der Waals surface area contributed by atoms with Gasteiger partial charge in [-0.3, -0.25) is 0 Å². The van der Waals surface area contributed by atoms with Crippen LogP contribution in [0.25, 0.3) is 0 Å². The number of nitrogens with zero attached hydrogens (tertiary/aromatic N) is 2. The Hall–Kier alpha value is -2.37. The van der Waals surface area contributed by atoms with Gasteiger partial charge in [0.2, 0.25) is 5.69 Å². The van der Waals surface area contributed by atoms with E-state index in [0.717, 1.165) is 0 Å². The van der Waals surface area contributed by atoms with Crippen molar-refractivity contribution in [3.8, 4) is 11.6 Å². The topological polar surface area (TPSA) is 88.1 Å². The van der Waals surface area contributed by atoms with E-state index in [4.69, 9.17) is 9.84 Å². The highest BCUT2D eigenvalue weighted by Crippen LogP contribution is 2.23. The molecule has 0 amide bonds. The Morgan fingerprint density at radius 2 is 2.00 bits per heavy atom. The minimum Gasteiger partial charge on any atom is -0.476 e. The van der Waals surface area contributed by atoms with Crippen molar-refractivity contribution in [2.75, 3.05) is 0 Å². The Labute approximate surface area is 104 Å². The van der Waals surface area contributed by atoms with Gasteiger partial charge in [0.1, 0.15) is 5.75 Å². The van der Waals surface area contributed by atoms with E-state index in [1.165, 1.54) is 5.56 Å². The standard InChI is InChI=1S/C12H13N3O3/c1-7(2)8-3-5-9(6-4-8)18-11-10(12(16)17)13-15-14-11/h3-7H,1-2H3,(H,16,17)(H,13,14,15). The molecule has 6 nitrogen and oxygen atoms in total. The van der Waals surface area contributed by atoms with Crippen molar-refractivity contribution >= 4 is 5.97 Å². The van der Waals surface area contributed by atoms with Crippen LogP contribution in [-0.2, 0) is 0 Å². The highest BCUT2D eigenvalue weighted by molar-refractivity contribution is 5.87. The van der Waals surface area contributed by atoms with E-state index in [9.17, 15) is 4.79 Å². The summed E-state index contributed by atoms with van der Waals surface area (Å²) in [5.74, 6) is -0.245. The third-order valence-corrected chi connectivity index (χ3v) is 2.49. The zero-order chi connectivity index (χ0) is 13.1. The molecule has 0 bridgehead atoms. The summed E-state index contributed by atoms with van der Waals surface area (Å²) in [7, 11) is 0. The van der Waals surface area contributed by atoms with Gasteiger partial charge in [-0.25, -0.2) is 9.89 Å². The van der Waals surface area contributed by atoms with Gasteiger partial charge in [-0.15, -0.1) is 0 Å². The number of carbonyl (C=O) groups is 1. The van der Waals surface area contributed by atoms with Gasteiger partial charge in [0.05, 0.1) is 0 Å². The minimum absolute atomic E-state index is 0.0419. The molecule has 0 spiro atoms. The Bertz CT molecular complexity index is 546. The van der Waals surface area contributed by atoms with E-state index in [2.05, 4.69) is 29.3 Å². The van der Waals surface area contributed by atoms with Gasteiger partial charge >= 0.3 is 5.97 Å². The quantitative estimate of drug-likeness (QED) is 0.866. The average molecular weight is 247 g/mol. The van der Waals surface area contributed by atoms with Crippen molar-refractivity contribution in [3.63, 3.8) is 0 Å². The molecule has 2 rings (SSSR count). The molecule has 1 aromatic heterocycles. The minimum atomic E-state index is -1.16. The Kier molecular flexibility index (Phi) is 3.27. The molecular formula is C12H13N3O3. The van der Waals surface area contributed by atoms with Crippen molar-refractivity contribution < 1.29 is 14.6 Å². The van der Waals surface area contributed by atoms with Gasteiger partial charge in [-0.2, -0.15) is 0 Å². The summed E-state index contributed by atoms with van der Waals surface area (Å²) < 4.78 is 5.36. The number of nitrogens with one attached hydrogen (secondary N) is 1. The number of carboxylic acids is 1. The van der Waals surface area contributed by atoms with Gasteiger partial charge in [-0.1, -0.05) is 36.3 Å². The largest absolute Gasteiger partial charge is 0.476 e. The fourth-order valence-electron chi connectivity index (χ4n) is 1.46. The number of benzene rings is 1. The summed E-state index contributed by atoms with van der Waals surface area (Å²) in [6, 6.07) is 7.41. The number of aromatic amines is 1. The van der Waals surface area contributed by atoms with Gasteiger partial charge in [0.15, 0.2) is 0 Å². The number of aromatic carboxylic acids is 1. The lowest BCUT2D eigenvalue weighted by molar-refractivity contribution is 0.0687. The van der Waals surface area contributed by atoms with Crippen LogP contribution in [0.5, 0.6) is 11.6 Å². The molecule has 0 radical (unpaired) electrons. The molecule has 1 heterocycles. The van der Waals surface area contributed by atoms with Crippen molar-refractivity contribution in [2.45, 2.75) is 19.8 Å². The molecule has 6 heteroatoms. The molecule has 0 aliphatic heterocycles. The summed E-state index contributed by atoms with van der Waals surface area (Å²) in [5, 5.41) is 18.1. The van der Waals surface area contributed by atoms with Crippen molar-refractivity contribution in [2.24, 2.45) is 0 Å². The number of ether oxygens (including phenoxy) is 1. The molecule has 2 N–H and O–H groups in total. The second kappa shape index (κ2) is 4.87. The number of hydrogen-bond acceptors (Lipinski definition) is 4. The fraction of sp³-hybridized carbons (Fsp3) is 0.250. The molecular weight excluding hydrogens is 234 g/mol. The lowest BCUT2D eigenvalue weighted by Crippen LogP contribution is -1.99. The molecule has 0 saturated heterocycles. The second-order valence-electron chi connectivity index (χ2n) is 4.12. The lowest BCUT2D eigenvalue weighted by Gasteiger charge is -2.06. The zero-order valence-electron chi connectivity index (χ0n) is 10.0. The van der Waals surface area contributed by atoms with Crippen molar-refractivity contribution in [3.05, 3.63) is 35.5 Å². The highest BCUT2D eigenvalue weighted by atomic mass is 16.5. The second-order valence-corrected chi connectivity index (χ2v) is 4.12. The highest BCUT2D eigenvalue weighted by Gasteiger charge is 2.16. The van der Waals surface area contributed by atoms with E-state index in [-0.39, 0.29) is 11.6 Å². The molecule has 0 aliphatic carbocycles. The van der Waals surface area contributed by atoms with Gasteiger partial charge in [-0.05, 0) is 23.6 Å². The molecule has 0 fully saturated rings. The third kappa shape index (κ3) is 2.48. The number of H-pyrrole nitrogens is 1. The SMILES string of the molecule is CC(C)c1ccc(Oc2nn[nH]c2C(=O)O)cc1. The molecule has 0 unspecified atom stereocenters. The smallest absolute Gasteiger partial charge is 0.359 e. The molecule has 0 atom stereocenters. The van der Waals surface area contributed by atoms with Gasteiger partial charge in [0, 0.05) is 0 Å². The summed E-state index contributed by atoms with van der Waals surface area (Å²) >= 11 is 0. The molecule has 18 heavy (non-hydrogen) atoms. The Morgan fingerprint density at radius 1 is 1.33 bits per heavy atom. The summed E-state index contributed by atoms with van der Waals surface area (Å²) in [6.07, 6.45) is 0. The average Bonchev–Trinajstić information content (AvgIpc) is 2.78. The molecule has 94 valence electrons. The van der Waals surface area contributed by atoms with E-state index < -0.39 is 5.97 Å². The van der Waals surface area contributed by atoms with Crippen molar-refractivity contribution in [1.29, 1.82) is 0 Å². The maximum Gasteiger partial charge on any atom is 0.359 e. The van der Waals surface area contributed by atoms with Crippen LogP contribution in [0.1, 0.15) is 35.8 Å². The summed E-state index contributed by atoms with van der Waals surface area (Å²) in [5.41, 5.74) is 1.02. The number of aromatic nitrogens is 3. The first-order valence-corrected chi connectivity index (χ1v) is 5.50. The number of rotatable bonds is 4.